The molecule has 5 nitrogen and oxygen atoms in total. The number of nitrogens with one attached hydrogen (secondary N) is 1. The maximum atomic E-state index is 11.7. The first kappa shape index (κ1) is 12.7. The maximum Gasteiger partial charge on any atom is 0.320 e. The first-order valence-corrected chi connectivity index (χ1v) is 5.44. The Morgan fingerprint density at radius 3 is 2.81 bits per heavy atom. The summed E-state index contributed by atoms with van der Waals surface area (Å²) < 4.78 is 0. The van der Waals surface area contributed by atoms with Gasteiger partial charge in [0.2, 0.25) is 5.91 Å². The van der Waals surface area contributed by atoms with Gasteiger partial charge in [-0.05, 0) is 26.2 Å². The van der Waals surface area contributed by atoms with Crippen LogP contribution in [0, 0.1) is 0 Å². The molecule has 1 amide bonds. The van der Waals surface area contributed by atoms with Gasteiger partial charge in [0.15, 0.2) is 0 Å². The summed E-state index contributed by atoms with van der Waals surface area (Å²) in [6.07, 6.45) is 5.09. The molecule has 1 unspecified atom stereocenters. The van der Waals surface area contributed by atoms with Crippen LogP contribution < -0.4 is 5.32 Å². The molecule has 16 heavy (non-hydrogen) atoms. The molecule has 90 valence electrons. The minimum Gasteiger partial charge on any atom is -0.480 e. The summed E-state index contributed by atoms with van der Waals surface area (Å²) in [5, 5.41) is 11.3. The number of carbonyl (C=O) groups is 2. The highest BCUT2D eigenvalue weighted by atomic mass is 16.4. The summed E-state index contributed by atoms with van der Waals surface area (Å²) in [5.74, 6) is -1.04. The number of carboxylic acid groups (broad SMARTS) is 1. The molecule has 0 saturated heterocycles. The third-order valence-electron chi connectivity index (χ3n) is 2.75. The molecule has 5 heteroatoms. The summed E-state index contributed by atoms with van der Waals surface area (Å²) in [6.45, 7) is 1.58. The van der Waals surface area contributed by atoms with E-state index in [0.29, 0.717) is 0 Å². The molecule has 2 N–H and O–H groups in total. The van der Waals surface area contributed by atoms with E-state index in [1.54, 1.807) is 11.9 Å². The van der Waals surface area contributed by atoms with E-state index in [0.717, 1.165) is 25.0 Å². The van der Waals surface area contributed by atoms with E-state index in [-0.39, 0.29) is 12.5 Å². The van der Waals surface area contributed by atoms with Crippen molar-refractivity contribution < 1.29 is 14.7 Å². The van der Waals surface area contributed by atoms with Crippen molar-refractivity contribution in [1.82, 2.24) is 10.2 Å². The Labute approximate surface area is 95.1 Å². The molecule has 0 bridgehead atoms. The second-order valence-corrected chi connectivity index (χ2v) is 3.98. The van der Waals surface area contributed by atoms with Gasteiger partial charge >= 0.3 is 5.97 Å². The van der Waals surface area contributed by atoms with Crippen LogP contribution in [0.1, 0.15) is 26.2 Å². The van der Waals surface area contributed by atoms with E-state index in [1.165, 1.54) is 6.92 Å². The fourth-order valence-corrected chi connectivity index (χ4v) is 1.57. The number of hydrogen-bond acceptors (Lipinski definition) is 3. The van der Waals surface area contributed by atoms with Crippen molar-refractivity contribution in [3.8, 4) is 0 Å². The molecule has 1 rings (SSSR count). The molecule has 0 radical (unpaired) electrons. The number of aliphatic carboxylic acids is 1. The van der Waals surface area contributed by atoms with Crippen molar-refractivity contribution in [2.45, 2.75) is 32.2 Å². The van der Waals surface area contributed by atoms with Gasteiger partial charge in [-0.1, -0.05) is 6.08 Å². The van der Waals surface area contributed by atoms with Gasteiger partial charge in [0.25, 0.3) is 0 Å². The van der Waals surface area contributed by atoms with Crippen molar-refractivity contribution in [2.24, 2.45) is 0 Å². The lowest BCUT2D eigenvalue weighted by Gasteiger charge is -2.19. The van der Waals surface area contributed by atoms with Gasteiger partial charge in [-0.15, -0.1) is 0 Å². The van der Waals surface area contributed by atoms with Gasteiger partial charge in [-0.2, -0.15) is 0 Å². The smallest absolute Gasteiger partial charge is 0.320 e. The molecule has 0 aromatic carbocycles. The van der Waals surface area contributed by atoms with Crippen LogP contribution in [0.25, 0.3) is 0 Å². The van der Waals surface area contributed by atoms with Crippen LogP contribution >= 0.6 is 0 Å². The summed E-state index contributed by atoms with van der Waals surface area (Å²) in [4.78, 5) is 23.8. The number of allylic oxidation sites excluding steroid dienone is 2. The molecule has 0 aromatic heterocycles. The third-order valence-corrected chi connectivity index (χ3v) is 2.75. The van der Waals surface area contributed by atoms with Crippen molar-refractivity contribution in [2.75, 3.05) is 13.6 Å². The first-order chi connectivity index (χ1) is 7.52. The summed E-state index contributed by atoms with van der Waals surface area (Å²) in [5.41, 5.74) is 1.04. The average Bonchev–Trinajstić information content (AvgIpc) is 2.77. The van der Waals surface area contributed by atoms with Gasteiger partial charge in [0.05, 0.1) is 6.54 Å². The predicted octanol–water partition coefficient (Wildman–Crippen LogP) is 0.575. The molecule has 0 saturated carbocycles. The van der Waals surface area contributed by atoms with Crippen molar-refractivity contribution >= 4 is 11.9 Å². The second-order valence-electron chi connectivity index (χ2n) is 3.98. The monoisotopic (exact) mass is 226 g/mol. The average molecular weight is 226 g/mol. The normalized spacial score (nSPS) is 16.8. The summed E-state index contributed by atoms with van der Waals surface area (Å²) >= 11 is 0. The van der Waals surface area contributed by atoms with E-state index in [9.17, 15) is 9.59 Å². The zero-order valence-electron chi connectivity index (χ0n) is 9.69. The minimum atomic E-state index is -0.949. The van der Waals surface area contributed by atoms with Gasteiger partial charge in [0.1, 0.15) is 6.04 Å². The lowest BCUT2D eigenvalue weighted by atomic mass is 10.3. The summed E-state index contributed by atoms with van der Waals surface area (Å²) in [7, 11) is 1.73. The van der Waals surface area contributed by atoms with Gasteiger partial charge in [-0.25, -0.2) is 0 Å². The molecule has 0 aliphatic heterocycles. The van der Waals surface area contributed by atoms with E-state index >= 15 is 0 Å². The molecular formula is C11H18N2O3. The molecular weight excluding hydrogens is 208 g/mol. The number of rotatable bonds is 5. The van der Waals surface area contributed by atoms with Gasteiger partial charge in [0, 0.05) is 12.7 Å². The lowest BCUT2D eigenvalue weighted by Crippen LogP contribution is -2.41. The standard InChI is InChI=1S/C11H18N2O3/c1-8(11(15)16)12-7-10(14)13(2)9-5-3-4-6-9/h5,8,12H,3-4,6-7H2,1-2H3,(H,15,16). The van der Waals surface area contributed by atoms with Crippen molar-refractivity contribution in [3.05, 3.63) is 11.8 Å². The van der Waals surface area contributed by atoms with Crippen LogP contribution in [0.5, 0.6) is 0 Å². The lowest BCUT2D eigenvalue weighted by molar-refractivity contribution is -0.139. The molecule has 0 heterocycles. The topological polar surface area (TPSA) is 69.6 Å². The quantitative estimate of drug-likeness (QED) is 0.719. The van der Waals surface area contributed by atoms with Gasteiger partial charge in [-0.3, -0.25) is 14.9 Å². The Kier molecular flexibility index (Phi) is 4.49. The fraction of sp³-hybridized carbons (Fsp3) is 0.636. The number of hydrogen-bond donors (Lipinski definition) is 2. The molecule has 1 aliphatic carbocycles. The maximum absolute atomic E-state index is 11.7. The second kappa shape index (κ2) is 5.65. The largest absolute Gasteiger partial charge is 0.480 e. The number of carbonyl (C=O) groups excluding carboxylic acids is 1. The number of nitrogens with zero attached hydrogens (tertiary/aromatic N) is 1. The fourth-order valence-electron chi connectivity index (χ4n) is 1.57. The van der Waals surface area contributed by atoms with Crippen LogP contribution in [0.2, 0.25) is 0 Å². The van der Waals surface area contributed by atoms with E-state index in [4.69, 9.17) is 5.11 Å². The van der Waals surface area contributed by atoms with E-state index in [2.05, 4.69) is 11.4 Å². The number of amides is 1. The predicted molar refractivity (Wildman–Crippen MR) is 59.8 cm³/mol. The van der Waals surface area contributed by atoms with E-state index < -0.39 is 12.0 Å². The van der Waals surface area contributed by atoms with Crippen LogP contribution in [-0.2, 0) is 9.59 Å². The molecule has 0 aromatic rings. The first-order valence-electron chi connectivity index (χ1n) is 5.44. The molecule has 0 spiro atoms. The van der Waals surface area contributed by atoms with Gasteiger partial charge < -0.3 is 10.0 Å². The third kappa shape index (κ3) is 3.34. The Morgan fingerprint density at radius 2 is 2.31 bits per heavy atom. The molecule has 1 aliphatic rings. The van der Waals surface area contributed by atoms with Crippen molar-refractivity contribution in [3.63, 3.8) is 0 Å². The zero-order valence-corrected chi connectivity index (χ0v) is 9.69. The Balaban J connectivity index is 2.37. The number of carboxylic acids is 1. The van der Waals surface area contributed by atoms with Crippen molar-refractivity contribution in [1.29, 1.82) is 0 Å². The molecule has 0 fully saturated rings. The number of likely N-dealkylation sites (N-methyl/N-ethyl adjacent to an activating group) is 1. The highest BCUT2D eigenvalue weighted by molar-refractivity contribution is 5.81. The Bertz CT molecular complexity index is 312. The summed E-state index contributed by atoms with van der Waals surface area (Å²) in [6, 6.07) is -0.699. The zero-order chi connectivity index (χ0) is 12.1. The van der Waals surface area contributed by atoms with Crippen LogP contribution in [0.4, 0.5) is 0 Å². The highest BCUT2D eigenvalue weighted by Gasteiger charge is 2.17. The minimum absolute atomic E-state index is 0.0569. The van der Waals surface area contributed by atoms with Crippen LogP contribution in [0.3, 0.4) is 0 Å². The van der Waals surface area contributed by atoms with Crippen LogP contribution in [-0.4, -0.2) is 41.5 Å². The van der Waals surface area contributed by atoms with E-state index in [1.807, 2.05) is 0 Å². The Hall–Kier alpha value is -1.36. The highest BCUT2D eigenvalue weighted by Crippen LogP contribution is 2.19. The SMILES string of the molecule is CC(NCC(=O)N(C)C1=CCCC1)C(=O)O. The molecule has 1 atom stereocenters. The Morgan fingerprint density at radius 1 is 1.62 bits per heavy atom. The van der Waals surface area contributed by atoms with Crippen LogP contribution in [0.15, 0.2) is 11.8 Å².